The second-order valence-corrected chi connectivity index (χ2v) is 5.73. The Bertz CT molecular complexity index is 639. The SMILES string of the molecule is CC(N)C1CCCCN1C(=O)c1cc(-c2ccncc2)on1. The van der Waals surface area contributed by atoms with Gasteiger partial charge in [0, 0.05) is 42.7 Å². The molecule has 6 heteroatoms. The number of carbonyl (C=O) groups is 1. The molecule has 0 aromatic carbocycles. The zero-order chi connectivity index (χ0) is 15.5. The highest BCUT2D eigenvalue weighted by Crippen LogP contribution is 2.24. The van der Waals surface area contributed by atoms with E-state index in [0.717, 1.165) is 31.4 Å². The monoisotopic (exact) mass is 300 g/mol. The molecule has 1 saturated heterocycles. The van der Waals surface area contributed by atoms with Crippen LogP contribution in [0.1, 0.15) is 36.7 Å². The molecule has 0 saturated carbocycles. The van der Waals surface area contributed by atoms with Crippen molar-refractivity contribution in [3.8, 4) is 11.3 Å². The van der Waals surface area contributed by atoms with E-state index in [1.165, 1.54) is 0 Å². The summed E-state index contributed by atoms with van der Waals surface area (Å²) in [4.78, 5) is 18.5. The minimum Gasteiger partial charge on any atom is -0.355 e. The Balaban J connectivity index is 1.82. The summed E-state index contributed by atoms with van der Waals surface area (Å²) in [6.45, 7) is 2.67. The van der Waals surface area contributed by atoms with E-state index in [1.54, 1.807) is 18.5 Å². The van der Waals surface area contributed by atoms with Gasteiger partial charge in [-0.05, 0) is 38.3 Å². The van der Waals surface area contributed by atoms with E-state index in [9.17, 15) is 4.79 Å². The molecular weight excluding hydrogens is 280 g/mol. The van der Waals surface area contributed by atoms with E-state index in [4.69, 9.17) is 10.3 Å². The lowest BCUT2D eigenvalue weighted by molar-refractivity contribution is 0.0573. The zero-order valence-electron chi connectivity index (χ0n) is 12.6. The second kappa shape index (κ2) is 6.27. The molecular formula is C16H20N4O2. The van der Waals surface area contributed by atoms with Crippen LogP contribution in [0.15, 0.2) is 35.1 Å². The maximum absolute atomic E-state index is 12.7. The molecule has 1 amide bonds. The number of nitrogens with zero attached hydrogens (tertiary/aromatic N) is 3. The number of piperidine rings is 1. The molecule has 2 aromatic rings. The van der Waals surface area contributed by atoms with Crippen molar-refractivity contribution in [2.45, 2.75) is 38.3 Å². The predicted molar refractivity (Wildman–Crippen MR) is 82.1 cm³/mol. The Labute approximate surface area is 129 Å². The van der Waals surface area contributed by atoms with Gasteiger partial charge in [-0.3, -0.25) is 9.78 Å². The van der Waals surface area contributed by atoms with Crippen molar-refractivity contribution in [2.24, 2.45) is 5.73 Å². The molecule has 3 heterocycles. The van der Waals surface area contributed by atoms with Gasteiger partial charge in [0.1, 0.15) is 0 Å². The number of hydrogen-bond acceptors (Lipinski definition) is 5. The van der Waals surface area contributed by atoms with Gasteiger partial charge in [0.2, 0.25) is 0 Å². The third kappa shape index (κ3) is 2.87. The highest BCUT2D eigenvalue weighted by molar-refractivity contribution is 5.93. The van der Waals surface area contributed by atoms with Crippen molar-refractivity contribution in [1.82, 2.24) is 15.0 Å². The number of nitrogens with two attached hydrogens (primary N) is 1. The van der Waals surface area contributed by atoms with Crippen LogP contribution in [0, 0.1) is 0 Å². The first kappa shape index (κ1) is 14.7. The molecule has 0 spiro atoms. The third-order valence-electron chi connectivity index (χ3n) is 4.11. The van der Waals surface area contributed by atoms with Crippen LogP contribution in [-0.2, 0) is 0 Å². The van der Waals surface area contributed by atoms with Gasteiger partial charge >= 0.3 is 0 Å². The van der Waals surface area contributed by atoms with E-state index < -0.39 is 0 Å². The van der Waals surface area contributed by atoms with Gasteiger partial charge in [-0.2, -0.15) is 0 Å². The molecule has 1 aliphatic rings. The molecule has 0 radical (unpaired) electrons. The first-order valence-electron chi connectivity index (χ1n) is 7.60. The molecule has 116 valence electrons. The maximum atomic E-state index is 12.7. The Hall–Kier alpha value is -2.21. The highest BCUT2D eigenvalue weighted by Gasteiger charge is 2.31. The minimum atomic E-state index is -0.106. The lowest BCUT2D eigenvalue weighted by Gasteiger charge is -2.37. The molecule has 2 atom stereocenters. The van der Waals surface area contributed by atoms with Crippen LogP contribution in [-0.4, -0.2) is 39.6 Å². The topological polar surface area (TPSA) is 85.2 Å². The summed E-state index contributed by atoms with van der Waals surface area (Å²) in [5, 5.41) is 3.93. The van der Waals surface area contributed by atoms with Gasteiger partial charge < -0.3 is 15.2 Å². The lowest BCUT2D eigenvalue weighted by Crippen LogP contribution is -2.51. The number of pyridine rings is 1. The molecule has 1 fully saturated rings. The molecule has 0 aliphatic carbocycles. The summed E-state index contributed by atoms with van der Waals surface area (Å²) in [6.07, 6.45) is 6.41. The van der Waals surface area contributed by atoms with Crippen molar-refractivity contribution in [2.75, 3.05) is 6.54 Å². The van der Waals surface area contributed by atoms with Crippen molar-refractivity contribution in [3.05, 3.63) is 36.3 Å². The summed E-state index contributed by atoms with van der Waals surface area (Å²) in [7, 11) is 0. The van der Waals surface area contributed by atoms with E-state index in [1.807, 2.05) is 24.0 Å². The smallest absolute Gasteiger partial charge is 0.276 e. The Morgan fingerprint density at radius 2 is 2.18 bits per heavy atom. The largest absolute Gasteiger partial charge is 0.355 e. The molecule has 0 bridgehead atoms. The van der Waals surface area contributed by atoms with Gasteiger partial charge in [-0.1, -0.05) is 5.16 Å². The van der Waals surface area contributed by atoms with Crippen LogP contribution in [0.5, 0.6) is 0 Å². The number of carbonyl (C=O) groups excluding carboxylic acids is 1. The number of amides is 1. The first-order chi connectivity index (χ1) is 10.7. The van der Waals surface area contributed by atoms with Gasteiger partial charge in [0.25, 0.3) is 5.91 Å². The van der Waals surface area contributed by atoms with Crippen LogP contribution in [0.2, 0.25) is 0 Å². The summed E-state index contributed by atoms with van der Waals surface area (Å²) >= 11 is 0. The average Bonchev–Trinajstić information content (AvgIpc) is 3.05. The van der Waals surface area contributed by atoms with Gasteiger partial charge in [0.05, 0.1) is 0 Å². The fraction of sp³-hybridized carbons (Fsp3) is 0.438. The molecule has 22 heavy (non-hydrogen) atoms. The van der Waals surface area contributed by atoms with E-state index in [2.05, 4.69) is 10.1 Å². The standard InChI is InChI=1S/C16H20N4O2/c1-11(17)14-4-2-3-9-20(14)16(21)13-10-15(22-19-13)12-5-7-18-8-6-12/h5-8,10-11,14H,2-4,9,17H2,1H3. The quantitative estimate of drug-likeness (QED) is 0.938. The van der Waals surface area contributed by atoms with Crippen molar-refractivity contribution in [3.63, 3.8) is 0 Å². The number of likely N-dealkylation sites (tertiary alicyclic amines) is 1. The second-order valence-electron chi connectivity index (χ2n) is 5.73. The lowest BCUT2D eigenvalue weighted by atomic mass is 9.96. The summed E-state index contributed by atoms with van der Waals surface area (Å²) in [5.74, 6) is 0.464. The number of aromatic nitrogens is 2. The first-order valence-corrected chi connectivity index (χ1v) is 7.60. The molecule has 2 aromatic heterocycles. The molecule has 1 aliphatic heterocycles. The van der Waals surface area contributed by atoms with Crippen molar-refractivity contribution >= 4 is 5.91 Å². The minimum absolute atomic E-state index is 0.0455. The van der Waals surface area contributed by atoms with Crippen LogP contribution in [0.4, 0.5) is 0 Å². The highest BCUT2D eigenvalue weighted by atomic mass is 16.5. The van der Waals surface area contributed by atoms with Crippen LogP contribution >= 0.6 is 0 Å². The van der Waals surface area contributed by atoms with Gasteiger partial charge in [0.15, 0.2) is 11.5 Å². The predicted octanol–water partition coefficient (Wildman–Crippen LogP) is 2.08. The Kier molecular flexibility index (Phi) is 4.20. The Morgan fingerprint density at radius 3 is 2.91 bits per heavy atom. The summed E-state index contributed by atoms with van der Waals surface area (Å²) in [6, 6.07) is 5.35. The van der Waals surface area contributed by atoms with Crippen molar-refractivity contribution in [1.29, 1.82) is 0 Å². The van der Waals surface area contributed by atoms with E-state index >= 15 is 0 Å². The van der Waals surface area contributed by atoms with Crippen LogP contribution < -0.4 is 5.73 Å². The van der Waals surface area contributed by atoms with Crippen LogP contribution in [0.3, 0.4) is 0 Å². The van der Waals surface area contributed by atoms with E-state index in [-0.39, 0.29) is 18.0 Å². The fourth-order valence-electron chi connectivity index (χ4n) is 2.93. The van der Waals surface area contributed by atoms with Gasteiger partial charge in [-0.15, -0.1) is 0 Å². The van der Waals surface area contributed by atoms with Crippen LogP contribution in [0.25, 0.3) is 11.3 Å². The molecule has 6 nitrogen and oxygen atoms in total. The molecule has 2 N–H and O–H groups in total. The Morgan fingerprint density at radius 1 is 1.41 bits per heavy atom. The molecule has 2 unspecified atom stereocenters. The maximum Gasteiger partial charge on any atom is 0.276 e. The molecule has 3 rings (SSSR count). The normalized spacial score (nSPS) is 19.9. The number of hydrogen-bond donors (Lipinski definition) is 1. The fourth-order valence-corrected chi connectivity index (χ4v) is 2.93. The average molecular weight is 300 g/mol. The zero-order valence-corrected chi connectivity index (χ0v) is 12.6. The summed E-state index contributed by atoms with van der Waals surface area (Å²) in [5.41, 5.74) is 7.21. The third-order valence-corrected chi connectivity index (χ3v) is 4.11. The van der Waals surface area contributed by atoms with Crippen molar-refractivity contribution < 1.29 is 9.32 Å². The van der Waals surface area contributed by atoms with Gasteiger partial charge in [-0.25, -0.2) is 0 Å². The summed E-state index contributed by atoms with van der Waals surface area (Å²) < 4.78 is 5.30. The van der Waals surface area contributed by atoms with E-state index in [0.29, 0.717) is 11.5 Å². The number of rotatable bonds is 3.